The SMILES string of the molecule is COc1ccc(N(C(=O)/C(=N/N(C(=O)N(C)C)C(=O)N(C)C)c2ccccc2)C(=S)N(C)Cc2ccccc2)cc1. The third kappa shape index (κ3) is 7.67. The molecule has 0 radical (unpaired) electrons. The van der Waals surface area contributed by atoms with Crippen molar-refractivity contribution in [3.05, 3.63) is 96.1 Å². The van der Waals surface area contributed by atoms with Crippen LogP contribution in [0.15, 0.2) is 90.0 Å². The summed E-state index contributed by atoms with van der Waals surface area (Å²) >= 11 is 5.87. The Morgan fingerprint density at radius 3 is 1.76 bits per heavy atom. The van der Waals surface area contributed by atoms with Gasteiger partial charge in [-0.15, -0.1) is 5.01 Å². The molecule has 214 valence electrons. The highest BCUT2D eigenvalue weighted by molar-refractivity contribution is 7.80. The molecule has 0 aliphatic carbocycles. The van der Waals surface area contributed by atoms with Gasteiger partial charge in [-0.05, 0) is 42.0 Å². The van der Waals surface area contributed by atoms with E-state index in [0.717, 1.165) is 5.56 Å². The Kier molecular flexibility index (Phi) is 10.5. The molecular formula is C30H34N6O4S. The molecule has 11 heteroatoms. The monoisotopic (exact) mass is 574 g/mol. The molecule has 0 spiro atoms. The van der Waals surface area contributed by atoms with Crippen LogP contribution < -0.4 is 9.64 Å². The van der Waals surface area contributed by atoms with Crippen LogP contribution in [0.4, 0.5) is 15.3 Å². The van der Waals surface area contributed by atoms with Crippen molar-refractivity contribution in [1.29, 1.82) is 0 Å². The zero-order valence-electron chi connectivity index (χ0n) is 24.0. The van der Waals surface area contributed by atoms with E-state index in [9.17, 15) is 14.4 Å². The number of hydrazone groups is 1. The fourth-order valence-electron chi connectivity index (χ4n) is 3.71. The predicted octanol–water partition coefficient (Wildman–Crippen LogP) is 4.51. The summed E-state index contributed by atoms with van der Waals surface area (Å²) in [4.78, 5) is 46.1. The molecule has 0 N–H and O–H groups in total. The van der Waals surface area contributed by atoms with Crippen LogP contribution in [0.2, 0.25) is 0 Å². The zero-order chi connectivity index (χ0) is 30.1. The lowest BCUT2D eigenvalue weighted by atomic mass is 10.1. The average Bonchev–Trinajstić information content (AvgIpc) is 2.98. The van der Waals surface area contributed by atoms with Crippen LogP contribution in [0, 0.1) is 0 Å². The Morgan fingerprint density at radius 2 is 1.27 bits per heavy atom. The summed E-state index contributed by atoms with van der Waals surface area (Å²) in [5, 5.41) is 5.23. The molecule has 0 atom stereocenters. The lowest BCUT2D eigenvalue weighted by Gasteiger charge is -2.31. The van der Waals surface area contributed by atoms with Gasteiger partial charge in [-0.25, -0.2) is 9.59 Å². The maximum atomic E-state index is 14.5. The molecule has 0 heterocycles. The summed E-state index contributed by atoms with van der Waals surface area (Å²) in [5.74, 6) is -0.0321. The van der Waals surface area contributed by atoms with E-state index in [1.165, 1.54) is 42.9 Å². The summed E-state index contributed by atoms with van der Waals surface area (Å²) in [6, 6.07) is 23.7. The Bertz CT molecular complexity index is 1380. The van der Waals surface area contributed by atoms with Gasteiger partial charge in [-0.3, -0.25) is 9.69 Å². The summed E-state index contributed by atoms with van der Waals surface area (Å²) in [5.41, 5.74) is 1.69. The lowest BCUT2D eigenvalue weighted by molar-refractivity contribution is -0.111. The van der Waals surface area contributed by atoms with E-state index in [-0.39, 0.29) is 10.8 Å². The molecule has 0 aliphatic rings. The molecular weight excluding hydrogens is 540 g/mol. The molecule has 3 rings (SSSR count). The Labute approximate surface area is 246 Å². The average molecular weight is 575 g/mol. The quantitative estimate of drug-likeness (QED) is 0.234. The smallest absolute Gasteiger partial charge is 0.348 e. The van der Waals surface area contributed by atoms with E-state index in [2.05, 4.69) is 5.10 Å². The molecule has 0 bridgehead atoms. The fraction of sp³-hybridized carbons (Fsp3) is 0.233. The van der Waals surface area contributed by atoms with E-state index in [1.807, 2.05) is 30.3 Å². The van der Waals surface area contributed by atoms with Crippen molar-refractivity contribution in [1.82, 2.24) is 19.7 Å². The minimum Gasteiger partial charge on any atom is -0.497 e. The van der Waals surface area contributed by atoms with Gasteiger partial charge in [0.1, 0.15) is 5.75 Å². The molecule has 41 heavy (non-hydrogen) atoms. The number of thiocarbonyl (C=S) groups is 1. The molecule has 0 saturated heterocycles. The molecule has 0 aromatic heterocycles. The van der Waals surface area contributed by atoms with Crippen molar-refractivity contribution in [2.45, 2.75) is 6.54 Å². The van der Waals surface area contributed by atoms with Gasteiger partial charge < -0.3 is 19.4 Å². The van der Waals surface area contributed by atoms with Crippen LogP contribution in [0.3, 0.4) is 0 Å². The van der Waals surface area contributed by atoms with Crippen LogP contribution in [-0.4, -0.2) is 90.9 Å². The number of hydrogen-bond donors (Lipinski definition) is 0. The van der Waals surface area contributed by atoms with Crippen LogP contribution in [0.5, 0.6) is 5.75 Å². The molecule has 5 amide bonds. The van der Waals surface area contributed by atoms with Gasteiger partial charge in [0.25, 0.3) is 5.91 Å². The van der Waals surface area contributed by atoms with Crippen molar-refractivity contribution in [3.63, 3.8) is 0 Å². The second-order valence-corrected chi connectivity index (χ2v) is 9.81. The Hall–Kier alpha value is -4.77. The first-order valence-corrected chi connectivity index (χ1v) is 13.1. The zero-order valence-corrected chi connectivity index (χ0v) is 24.8. The number of benzene rings is 3. The summed E-state index contributed by atoms with van der Waals surface area (Å²) < 4.78 is 5.30. The number of carbonyl (C=O) groups excluding carboxylic acids is 3. The first-order valence-electron chi connectivity index (χ1n) is 12.7. The normalized spacial score (nSPS) is 10.8. The summed E-state index contributed by atoms with van der Waals surface area (Å²) in [7, 11) is 9.32. The van der Waals surface area contributed by atoms with E-state index in [1.54, 1.807) is 73.7 Å². The van der Waals surface area contributed by atoms with Gasteiger partial charge in [0, 0.05) is 47.3 Å². The number of ether oxygens (including phenoxy) is 1. The van der Waals surface area contributed by atoms with E-state index in [0.29, 0.717) is 28.6 Å². The van der Waals surface area contributed by atoms with Crippen LogP contribution in [0.25, 0.3) is 0 Å². The maximum absolute atomic E-state index is 14.5. The molecule has 0 saturated carbocycles. The molecule has 0 unspecified atom stereocenters. The maximum Gasteiger partial charge on any atom is 0.348 e. The third-order valence-electron chi connectivity index (χ3n) is 5.89. The standard InChI is InChI=1S/C30H34N6O4S/c1-32(2)28(38)36(29(39)33(3)4)31-26(23-15-11-8-12-16-23)27(37)35(24-17-19-25(40-6)20-18-24)30(41)34(5)21-22-13-9-7-10-14-22/h7-20H,21H2,1-6H3/b31-26+. The number of hydrogen-bond acceptors (Lipinski definition) is 6. The first kappa shape index (κ1) is 30.8. The van der Waals surface area contributed by atoms with Crippen molar-refractivity contribution in [2.75, 3.05) is 47.2 Å². The number of amides is 5. The van der Waals surface area contributed by atoms with Crippen molar-refractivity contribution < 1.29 is 19.1 Å². The number of carbonyl (C=O) groups is 3. The first-order chi connectivity index (χ1) is 19.5. The number of methoxy groups -OCH3 is 1. The van der Waals surface area contributed by atoms with Crippen molar-refractivity contribution in [2.24, 2.45) is 5.10 Å². The highest BCUT2D eigenvalue weighted by atomic mass is 32.1. The van der Waals surface area contributed by atoms with Gasteiger partial charge in [-0.1, -0.05) is 60.7 Å². The molecule has 0 aliphatic heterocycles. The van der Waals surface area contributed by atoms with Crippen molar-refractivity contribution in [3.8, 4) is 5.75 Å². The van der Waals surface area contributed by atoms with E-state index >= 15 is 0 Å². The highest BCUT2D eigenvalue weighted by Gasteiger charge is 2.32. The number of anilines is 1. The summed E-state index contributed by atoms with van der Waals surface area (Å²) in [6.07, 6.45) is 0. The van der Waals surface area contributed by atoms with Crippen LogP contribution in [0.1, 0.15) is 11.1 Å². The minimum absolute atomic E-state index is 0.151. The molecule has 3 aromatic carbocycles. The van der Waals surface area contributed by atoms with Gasteiger partial charge in [0.05, 0.1) is 12.8 Å². The van der Waals surface area contributed by atoms with Crippen molar-refractivity contribution >= 4 is 46.7 Å². The number of nitrogens with zero attached hydrogens (tertiary/aromatic N) is 6. The van der Waals surface area contributed by atoms with Crippen LogP contribution in [-0.2, 0) is 11.3 Å². The van der Waals surface area contributed by atoms with Gasteiger partial charge in [0.15, 0.2) is 10.8 Å². The van der Waals surface area contributed by atoms with Gasteiger partial charge in [0.2, 0.25) is 0 Å². The number of urea groups is 2. The predicted molar refractivity (Wildman–Crippen MR) is 164 cm³/mol. The number of rotatable bonds is 7. The Morgan fingerprint density at radius 1 is 0.756 bits per heavy atom. The summed E-state index contributed by atoms with van der Waals surface area (Å²) in [6.45, 7) is 0.432. The van der Waals surface area contributed by atoms with Crippen LogP contribution >= 0.6 is 12.2 Å². The topological polar surface area (TPSA) is 89.0 Å². The third-order valence-corrected chi connectivity index (χ3v) is 6.39. The lowest BCUT2D eigenvalue weighted by Crippen LogP contribution is -2.49. The molecule has 10 nitrogen and oxygen atoms in total. The Balaban J connectivity index is 2.18. The molecule has 3 aromatic rings. The fourth-order valence-corrected chi connectivity index (χ4v) is 3.97. The minimum atomic E-state index is -0.718. The van der Waals surface area contributed by atoms with Gasteiger partial charge in [-0.2, -0.15) is 5.10 Å². The van der Waals surface area contributed by atoms with Gasteiger partial charge >= 0.3 is 12.1 Å². The van der Waals surface area contributed by atoms with E-state index < -0.39 is 18.0 Å². The number of imide groups is 1. The second-order valence-electron chi connectivity index (χ2n) is 9.44. The van der Waals surface area contributed by atoms with E-state index in [4.69, 9.17) is 17.0 Å². The molecule has 0 fully saturated rings. The second kappa shape index (κ2) is 14.0. The highest BCUT2D eigenvalue weighted by Crippen LogP contribution is 2.23. The largest absolute Gasteiger partial charge is 0.497 e.